The van der Waals surface area contributed by atoms with Gasteiger partial charge in [0.1, 0.15) is 0 Å². The summed E-state index contributed by atoms with van der Waals surface area (Å²) >= 11 is 3.45. The van der Waals surface area contributed by atoms with Gasteiger partial charge in [0.25, 0.3) is 5.91 Å². The number of Topliss-reactive ketones (excluding diaryl/α,β-unsaturated/α-hetero) is 1. The predicted octanol–water partition coefficient (Wildman–Crippen LogP) is 5.32. The molecule has 0 aromatic heterocycles. The highest BCUT2D eigenvalue weighted by Crippen LogP contribution is 2.47. The molecule has 0 spiro atoms. The van der Waals surface area contributed by atoms with Crippen LogP contribution >= 0.6 is 15.9 Å². The molecule has 0 fully saturated rings. The molecule has 3 aromatic rings. The summed E-state index contributed by atoms with van der Waals surface area (Å²) in [7, 11) is 0. The molecule has 0 unspecified atom stereocenters. The SMILES string of the molecule is Cc1ccc(C)c(CN2C(=O)[C@](O)([C@@H](C)C(=O)c3ccccc3)c3cc(Br)ccc32)c1. The van der Waals surface area contributed by atoms with Gasteiger partial charge in [-0.2, -0.15) is 0 Å². The summed E-state index contributed by atoms with van der Waals surface area (Å²) in [5, 5.41) is 11.8. The Morgan fingerprint density at radius 1 is 1.06 bits per heavy atom. The Bertz CT molecular complexity index is 1170. The molecule has 2 atom stereocenters. The van der Waals surface area contributed by atoms with E-state index in [2.05, 4.69) is 22.0 Å². The third kappa shape index (κ3) is 3.62. The van der Waals surface area contributed by atoms with Gasteiger partial charge in [-0.25, -0.2) is 0 Å². The number of amides is 1. The molecule has 0 aliphatic carbocycles. The molecule has 1 aliphatic heterocycles. The van der Waals surface area contributed by atoms with Crippen LogP contribution in [-0.4, -0.2) is 16.8 Å². The van der Waals surface area contributed by atoms with Gasteiger partial charge in [-0.1, -0.05) is 76.9 Å². The Labute approximate surface area is 190 Å². The molecule has 0 saturated heterocycles. The minimum atomic E-state index is -1.94. The summed E-state index contributed by atoms with van der Waals surface area (Å²) in [6.45, 7) is 5.97. The number of nitrogens with zero attached hydrogens (tertiary/aromatic N) is 1. The van der Waals surface area contributed by atoms with Crippen molar-refractivity contribution in [2.24, 2.45) is 5.92 Å². The molecule has 0 bridgehead atoms. The van der Waals surface area contributed by atoms with Crippen LogP contribution in [0.3, 0.4) is 0 Å². The van der Waals surface area contributed by atoms with Gasteiger partial charge in [-0.15, -0.1) is 0 Å². The van der Waals surface area contributed by atoms with E-state index in [-0.39, 0.29) is 5.78 Å². The van der Waals surface area contributed by atoms with Crippen molar-refractivity contribution in [2.45, 2.75) is 32.9 Å². The number of carbonyl (C=O) groups is 2. The molecule has 1 aliphatic rings. The monoisotopic (exact) mass is 477 g/mol. The zero-order valence-electron chi connectivity index (χ0n) is 17.7. The number of carbonyl (C=O) groups excluding carboxylic acids is 2. The maximum atomic E-state index is 13.7. The third-order valence-corrected chi connectivity index (χ3v) is 6.64. The summed E-state index contributed by atoms with van der Waals surface area (Å²) in [4.78, 5) is 28.5. The van der Waals surface area contributed by atoms with Crippen LogP contribution in [0.5, 0.6) is 0 Å². The second kappa shape index (κ2) is 8.06. The second-order valence-corrected chi connectivity index (χ2v) is 9.12. The van der Waals surface area contributed by atoms with Crippen LogP contribution in [-0.2, 0) is 16.9 Å². The van der Waals surface area contributed by atoms with E-state index in [1.807, 2.05) is 44.2 Å². The van der Waals surface area contributed by atoms with E-state index < -0.39 is 17.4 Å². The highest BCUT2D eigenvalue weighted by molar-refractivity contribution is 9.10. The van der Waals surface area contributed by atoms with Crippen LogP contribution in [0.25, 0.3) is 0 Å². The maximum Gasteiger partial charge on any atom is 0.264 e. The van der Waals surface area contributed by atoms with Crippen LogP contribution in [0.4, 0.5) is 5.69 Å². The van der Waals surface area contributed by atoms with Crippen molar-refractivity contribution in [3.63, 3.8) is 0 Å². The van der Waals surface area contributed by atoms with Gasteiger partial charge in [0.15, 0.2) is 11.4 Å². The van der Waals surface area contributed by atoms with Crippen LogP contribution in [0.1, 0.15) is 39.5 Å². The fourth-order valence-corrected chi connectivity index (χ4v) is 4.60. The molecule has 158 valence electrons. The molecule has 1 amide bonds. The van der Waals surface area contributed by atoms with E-state index in [0.717, 1.165) is 21.2 Å². The van der Waals surface area contributed by atoms with Gasteiger partial charge < -0.3 is 10.0 Å². The Morgan fingerprint density at radius 3 is 2.48 bits per heavy atom. The number of benzene rings is 3. The highest BCUT2D eigenvalue weighted by Gasteiger charge is 2.55. The molecule has 31 heavy (non-hydrogen) atoms. The van der Waals surface area contributed by atoms with E-state index in [0.29, 0.717) is 23.4 Å². The average molecular weight is 478 g/mol. The van der Waals surface area contributed by atoms with Crippen LogP contribution in [0.15, 0.2) is 71.2 Å². The van der Waals surface area contributed by atoms with Crippen molar-refractivity contribution in [2.75, 3.05) is 4.90 Å². The van der Waals surface area contributed by atoms with E-state index in [4.69, 9.17) is 0 Å². The molecule has 1 N–H and O–H groups in total. The first-order chi connectivity index (χ1) is 14.7. The van der Waals surface area contributed by atoms with Crippen molar-refractivity contribution in [1.29, 1.82) is 0 Å². The molecule has 0 radical (unpaired) electrons. The summed E-state index contributed by atoms with van der Waals surface area (Å²) in [6.07, 6.45) is 0. The van der Waals surface area contributed by atoms with Crippen molar-refractivity contribution < 1.29 is 14.7 Å². The number of aliphatic hydroxyl groups is 1. The number of hydrogen-bond acceptors (Lipinski definition) is 3. The highest BCUT2D eigenvalue weighted by atomic mass is 79.9. The van der Waals surface area contributed by atoms with Crippen molar-refractivity contribution in [3.05, 3.63) is 99.0 Å². The lowest BCUT2D eigenvalue weighted by atomic mass is 9.79. The van der Waals surface area contributed by atoms with Gasteiger partial charge in [0.05, 0.1) is 18.2 Å². The number of fused-ring (bicyclic) bond motifs is 1. The molecule has 4 nitrogen and oxygen atoms in total. The Kier molecular flexibility index (Phi) is 5.58. The smallest absolute Gasteiger partial charge is 0.264 e. The van der Waals surface area contributed by atoms with Crippen molar-refractivity contribution in [1.82, 2.24) is 0 Å². The van der Waals surface area contributed by atoms with Gasteiger partial charge in [0, 0.05) is 15.6 Å². The standard InChI is InChI=1S/C26H24BrNO3/c1-16-9-10-17(2)20(13-16)15-28-23-12-11-21(27)14-22(23)26(31,25(28)30)18(3)24(29)19-7-5-4-6-8-19/h4-14,18,31H,15H2,1-3H3/t18-,26-/m0/s1. The topological polar surface area (TPSA) is 57.6 Å². The van der Waals surface area contributed by atoms with Crippen molar-refractivity contribution in [3.8, 4) is 0 Å². The number of anilines is 1. The molecular formula is C26H24BrNO3. The lowest BCUT2D eigenvalue weighted by Crippen LogP contribution is -2.47. The number of halogens is 1. The summed E-state index contributed by atoms with van der Waals surface area (Å²) in [5.74, 6) is -1.69. The van der Waals surface area contributed by atoms with E-state index in [9.17, 15) is 14.7 Å². The zero-order valence-corrected chi connectivity index (χ0v) is 19.3. The first kappa shape index (κ1) is 21.5. The Hall–Kier alpha value is -2.76. The fraction of sp³-hybridized carbons (Fsp3) is 0.231. The molecule has 5 heteroatoms. The normalized spacial score (nSPS) is 18.7. The Morgan fingerprint density at radius 2 is 1.77 bits per heavy atom. The summed E-state index contributed by atoms with van der Waals surface area (Å²) in [6, 6.07) is 20.3. The van der Waals surface area contributed by atoms with Gasteiger partial charge >= 0.3 is 0 Å². The first-order valence-electron chi connectivity index (χ1n) is 10.2. The number of ketones is 1. The fourth-order valence-electron chi connectivity index (χ4n) is 4.24. The van der Waals surface area contributed by atoms with E-state index in [1.165, 1.54) is 0 Å². The second-order valence-electron chi connectivity index (χ2n) is 8.20. The van der Waals surface area contributed by atoms with Crippen LogP contribution < -0.4 is 4.90 Å². The van der Waals surface area contributed by atoms with Crippen LogP contribution in [0, 0.1) is 19.8 Å². The summed E-state index contributed by atoms with van der Waals surface area (Å²) in [5.41, 5.74) is 2.80. The number of hydrogen-bond donors (Lipinski definition) is 1. The molecule has 0 saturated carbocycles. The quantitative estimate of drug-likeness (QED) is 0.505. The third-order valence-electron chi connectivity index (χ3n) is 6.14. The zero-order chi connectivity index (χ0) is 22.3. The lowest BCUT2D eigenvalue weighted by Gasteiger charge is -2.29. The Balaban J connectivity index is 1.79. The molecule has 4 rings (SSSR count). The minimum Gasteiger partial charge on any atom is -0.375 e. The maximum absolute atomic E-state index is 13.7. The molecule has 3 aromatic carbocycles. The first-order valence-corrected chi connectivity index (χ1v) is 11.0. The molecule has 1 heterocycles. The van der Waals surface area contributed by atoms with Gasteiger partial charge in [-0.05, 0) is 43.2 Å². The van der Waals surface area contributed by atoms with E-state index >= 15 is 0 Å². The van der Waals surface area contributed by atoms with E-state index in [1.54, 1.807) is 42.2 Å². The van der Waals surface area contributed by atoms with Crippen LogP contribution in [0.2, 0.25) is 0 Å². The average Bonchev–Trinajstić information content (AvgIpc) is 2.98. The minimum absolute atomic E-state index is 0.268. The van der Waals surface area contributed by atoms with Gasteiger partial charge in [-0.3, -0.25) is 9.59 Å². The number of rotatable bonds is 5. The van der Waals surface area contributed by atoms with Crippen molar-refractivity contribution >= 4 is 33.3 Å². The summed E-state index contributed by atoms with van der Waals surface area (Å²) < 4.78 is 0.741. The molecular weight excluding hydrogens is 454 g/mol. The predicted molar refractivity (Wildman–Crippen MR) is 125 cm³/mol. The number of aryl methyl sites for hydroxylation is 2. The van der Waals surface area contributed by atoms with Gasteiger partial charge in [0.2, 0.25) is 0 Å². The lowest BCUT2D eigenvalue weighted by molar-refractivity contribution is -0.139. The largest absolute Gasteiger partial charge is 0.375 e.